The van der Waals surface area contributed by atoms with Gasteiger partial charge in [-0.15, -0.1) is 0 Å². The fourth-order valence-electron chi connectivity index (χ4n) is 3.11. The molecule has 0 bridgehead atoms. The molecule has 1 aromatic rings. The molecule has 0 saturated carbocycles. The molecular weight excluding hydrogens is 246 g/mol. The van der Waals surface area contributed by atoms with Crippen molar-refractivity contribution in [2.75, 3.05) is 19.6 Å². The summed E-state index contributed by atoms with van der Waals surface area (Å²) >= 11 is 0. The molecule has 0 radical (unpaired) electrons. The van der Waals surface area contributed by atoms with E-state index < -0.39 is 0 Å². The van der Waals surface area contributed by atoms with Crippen LogP contribution in [0.2, 0.25) is 0 Å². The van der Waals surface area contributed by atoms with E-state index in [9.17, 15) is 0 Å². The van der Waals surface area contributed by atoms with Crippen LogP contribution in [0.15, 0.2) is 17.1 Å². The zero-order valence-corrected chi connectivity index (χ0v) is 13.1. The van der Waals surface area contributed by atoms with E-state index in [1.165, 1.54) is 41.5 Å². The number of likely N-dealkylation sites (tertiary alicyclic amines) is 1. The number of hydrogen-bond donors (Lipinski definition) is 1. The van der Waals surface area contributed by atoms with E-state index in [-0.39, 0.29) is 0 Å². The van der Waals surface area contributed by atoms with Crippen molar-refractivity contribution in [3.8, 4) is 0 Å². The van der Waals surface area contributed by atoms with Gasteiger partial charge in [-0.05, 0) is 63.1 Å². The van der Waals surface area contributed by atoms with Crippen molar-refractivity contribution in [2.24, 2.45) is 10.7 Å². The van der Waals surface area contributed by atoms with E-state index in [2.05, 4.69) is 42.8 Å². The Balaban J connectivity index is 1.95. The summed E-state index contributed by atoms with van der Waals surface area (Å²) in [6.45, 7) is 9.44. The van der Waals surface area contributed by atoms with Gasteiger partial charge in [-0.2, -0.15) is 0 Å². The monoisotopic (exact) mass is 273 g/mol. The molecule has 3 nitrogen and oxygen atoms in total. The highest BCUT2D eigenvalue weighted by Gasteiger charge is 2.11. The average molecular weight is 273 g/mol. The second-order valence-electron chi connectivity index (χ2n) is 5.91. The molecule has 1 aliphatic rings. The molecule has 0 amide bonds. The third-order valence-electron chi connectivity index (χ3n) is 4.16. The molecule has 0 atom stereocenters. The number of nitrogens with zero attached hydrogens (tertiary/aromatic N) is 2. The number of guanidine groups is 1. The van der Waals surface area contributed by atoms with Crippen molar-refractivity contribution < 1.29 is 0 Å². The maximum atomic E-state index is 6.09. The lowest BCUT2D eigenvalue weighted by molar-refractivity contribution is 0.338. The predicted octanol–water partition coefficient (Wildman–Crippen LogP) is 2.95. The van der Waals surface area contributed by atoms with Gasteiger partial charge in [0.05, 0.1) is 0 Å². The van der Waals surface area contributed by atoms with Crippen molar-refractivity contribution in [1.82, 2.24) is 4.90 Å². The maximum absolute atomic E-state index is 6.09. The molecule has 2 N–H and O–H groups in total. The Morgan fingerprint density at radius 2 is 1.70 bits per heavy atom. The summed E-state index contributed by atoms with van der Waals surface area (Å²) in [5.74, 6) is 0.729. The first-order valence-electron chi connectivity index (χ1n) is 7.69. The molecule has 0 aliphatic carbocycles. The van der Waals surface area contributed by atoms with Gasteiger partial charge in [0, 0.05) is 19.6 Å². The number of hydrogen-bond acceptors (Lipinski definition) is 1. The van der Waals surface area contributed by atoms with Crippen LogP contribution in [-0.4, -0.2) is 30.5 Å². The second-order valence-corrected chi connectivity index (χ2v) is 5.91. The largest absolute Gasteiger partial charge is 0.370 e. The lowest BCUT2D eigenvalue weighted by Crippen LogP contribution is -2.41. The van der Waals surface area contributed by atoms with Gasteiger partial charge in [0.1, 0.15) is 0 Å². The fourth-order valence-corrected chi connectivity index (χ4v) is 3.11. The summed E-state index contributed by atoms with van der Waals surface area (Å²) in [7, 11) is 0. The van der Waals surface area contributed by atoms with Gasteiger partial charge in [-0.3, -0.25) is 4.99 Å². The molecular formula is C17H27N3. The van der Waals surface area contributed by atoms with Gasteiger partial charge < -0.3 is 10.6 Å². The van der Waals surface area contributed by atoms with Gasteiger partial charge in [0.2, 0.25) is 0 Å². The minimum absolute atomic E-state index is 0.729. The Bertz CT molecular complexity index is 462. The van der Waals surface area contributed by atoms with Crippen LogP contribution >= 0.6 is 0 Å². The number of benzene rings is 1. The smallest absolute Gasteiger partial charge is 0.191 e. The highest BCUT2D eigenvalue weighted by molar-refractivity contribution is 5.78. The van der Waals surface area contributed by atoms with E-state index in [0.717, 1.165) is 32.0 Å². The lowest BCUT2D eigenvalue weighted by Gasteiger charge is -2.27. The average Bonchev–Trinajstić information content (AvgIpc) is 2.42. The highest BCUT2D eigenvalue weighted by Crippen LogP contribution is 2.17. The van der Waals surface area contributed by atoms with Gasteiger partial charge in [-0.1, -0.05) is 17.7 Å². The minimum Gasteiger partial charge on any atom is -0.370 e. The fraction of sp³-hybridized carbons (Fsp3) is 0.588. The molecule has 110 valence electrons. The van der Waals surface area contributed by atoms with Gasteiger partial charge in [0.15, 0.2) is 5.96 Å². The number of aryl methyl sites for hydroxylation is 3. The van der Waals surface area contributed by atoms with Crippen molar-refractivity contribution in [1.29, 1.82) is 0 Å². The van der Waals surface area contributed by atoms with Crippen molar-refractivity contribution in [3.63, 3.8) is 0 Å². The quantitative estimate of drug-likeness (QED) is 0.679. The predicted molar refractivity (Wildman–Crippen MR) is 86.3 cm³/mol. The van der Waals surface area contributed by atoms with Crippen LogP contribution in [0, 0.1) is 20.8 Å². The van der Waals surface area contributed by atoms with Crippen LogP contribution in [0.5, 0.6) is 0 Å². The van der Waals surface area contributed by atoms with E-state index in [1.807, 2.05) is 0 Å². The summed E-state index contributed by atoms with van der Waals surface area (Å²) in [5.41, 5.74) is 11.6. The van der Waals surface area contributed by atoms with E-state index >= 15 is 0 Å². The van der Waals surface area contributed by atoms with Gasteiger partial charge in [0.25, 0.3) is 0 Å². The van der Waals surface area contributed by atoms with Crippen LogP contribution in [0.3, 0.4) is 0 Å². The Morgan fingerprint density at radius 1 is 1.10 bits per heavy atom. The number of nitrogens with two attached hydrogens (primary N) is 1. The standard InChI is InChI=1S/C17H27N3/c1-13-11-14(2)16(15(3)12-13)7-8-19-17(18)20-9-5-4-6-10-20/h11-12H,4-10H2,1-3H3,(H2,18,19). The van der Waals surface area contributed by atoms with Crippen molar-refractivity contribution in [3.05, 3.63) is 34.4 Å². The Labute approximate surface area is 122 Å². The zero-order chi connectivity index (χ0) is 14.5. The molecule has 3 heteroatoms. The third kappa shape index (κ3) is 3.75. The molecule has 1 aliphatic heterocycles. The summed E-state index contributed by atoms with van der Waals surface area (Å²) < 4.78 is 0. The molecule has 0 aromatic heterocycles. The van der Waals surface area contributed by atoms with Crippen molar-refractivity contribution in [2.45, 2.75) is 46.5 Å². The molecule has 0 unspecified atom stereocenters. The van der Waals surface area contributed by atoms with Gasteiger partial charge >= 0.3 is 0 Å². The third-order valence-corrected chi connectivity index (χ3v) is 4.16. The topological polar surface area (TPSA) is 41.6 Å². The van der Waals surface area contributed by atoms with Crippen LogP contribution in [0.25, 0.3) is 0 Å². The van der Waals surface area contributed by atoms with Crippen LogP contribution in [-0.2, 0) is 6.42 Å². The van der Waals surface area contributed by atoms with Crippen LogP contribution in [0.1, 0.15) is 41.5 Å². The summed E-state index contributed by atoms with van der Waals surface area (Å²) in [5, 5.41) is 0. The Morgan fingerprint density at radius 3 is 2.30 bits per heavy atom. The first-order valence-corrected chi connectivity index (χ1v) is 7.69. The summed E-state index contributed by atoms with van der Waals surface area (Å²) in [6.07, 6.45) is 4.79. The molecule has 1 fully saturated rings. The van der Waals surface area contributed by atoms with Crippen LogP contribution < -0.4 is 5.73 Å². The maximum Gasteiger partial charge on any atom is 0.191 e. The van der Waals surface area contributed by atoms with Gasteiger partial charge in [-0.25, -0.2) is 0 Å². The molecule has 20 heavy (non-hydrogen) atoms. The molecule has 1 heterocycles. The Hall–Kier alpha value is -1.51. The normalized spacial score (nSPS) is 16.6. The second kappa shape index (κ2) is 6.78. The number of rotatable bonds is 3. The zero-order valence-electron chi connectivity index (χ0n) is 13.1. The minimum atomic E-state index is 0.729. The van der Waals surface area contributed by atoms with E-state index in [0.29, 0.717) is 0 Å². The molecule has 0 spiro atoms. The SMILES string of the molecule is Cc1cc(C)c(CCN=C(N)N2CCCCC2)c(C)c1. The first-order chi connectivity index (χ1) is 9.58. The highest BCUT2D eigenvalue weighted by atomic mass is 15.2. The van der Waals surface area contributed by atoms with Crippen LogP contribution in [0.4, 0.5) is 0 Å². The molecule has 1 aromatic carbocycles. The summed E-state index contributed by atoms with van der Waals surface area (Å²) in [4.78, 5) is 6.79. The summed E-state index contributed by atoms with van der Waals surface area (Å²) in [6, 6.07) is 4.50. The van der Waals surface area contributed by atoms with E-state index in [4.69, 9.17) is 5.73 Å². The molecule has 1 saturated heterocycles. The number of aliphatic imine (C=N–C) groups is 1. The van der Waals surface area contributed by atoms with E-state index in [1.54, 1.807) is 0 Å². The lowest BCUT2D eigenvalue weighted by atomic mass is 9.97. The molecule has 2 rings (SSSR count). The van der Waals surface area contributed by atoms with Crippen molar-refractivity contribution >= 4 is 5.96 Å². The first kappa shape index (κ1) is 14.9. The number of piperidine rings is 1. The Kier molecular flexibility index (Phi) is 5.05.